The Hall–Kier alpha value is -2.09. The van der Waals surface area contributed by atoms with Gasteiger partial charge in [0, 0.05) is 24.7 Å². The van der Waals surface area contributed by atoms with E-state index in [2.05, 4.69) is 26.7 Å². The number of hydrogen-bond acceptors (Lipinski definition) is 4. The average molecular weight is 300 g/mol. The van der Waals surface area contributed by atoms with Crippen molar-refractivity contribution in [1.29, 1.82) is 0 Å². The van der Waals surface area contributed by atoms with Gasteiger partial charge in [0.1, 0.15) is 10.8 Å². The third kappa shape index (κ3) is 3.72. The van der Waals surface area contributed by atoms with Crippen LogP contribution in [0, 0.1) is 11.8 Å². The van der Waals surface area contributed by atoms with Crippen LogP contribution in [0.4, 0.5) is 5.95 Å². The molecule has 1 aromatic carbocycles. The van der Waals surface area contributed by atoms with E-state index in [0.29, 0.717) is 30.0 Å². The zero-order chi connectivity index (χ0) is 14.5. The minimum absolute atomic E-state index is 0.406. The Balaban J connectivity index is 1.86. The molecule has 0 radical (unpaired) electrons. The summed E-state index contributed by atoms with van der Waals surface area (Å²) in [5.74, 6) is 6.73. The van der Waals surface area contributed by atoms with E-state index in [1.807, 2.05) is 30.3 Å². The third-order valence-corrected chi connectivity index (χ3v) is 3.28. The van der Waals surface area contributed by atoms with Gasteiger partial charge in [-0.05, 0) is 18.1 Å². The Kier molecular flexibility index (Phi) is 4.34. The first-order valence-corrected chi connectivity index (χ1v) is 7.13. The molecule has 0 amide bonds. The van der Waals surface area contributed by atoms with Crippen molar-refractivity contribution < 1.29 is 4.74 Å². The molecule has 2 heterocycles. The monoisotopic (exact) mass is 299 g/mol. The third-order valence-electron chi connectivity index (χ3n) is 3.09. The molecular formula is C16H14ClN3O. The van der Waals surface area contributed by atoms with Gasteiger partial charge in [0.25, 0.3) is 0 Å². The van der Waals surface area contributed by atoms with Gasteiger partial charge in [-0.25, -0.2) is 9.97 Å². The van der Waals surface area contributed by atoms with Gasteiger partial charge in [-0.3, -0.25) is 0 Å². The molecule has 1 aliphatic rings. The second-order valence-electron chi connectivity index (χ2n) is 4.59. The summed E-state index contributed by atoms with van der Waals surface area (Å²) >= 11 is 6.07. The summed E-state index contributed by atoms with van der Waals surface area (Å²) < 4.78 is 5.33. The highest BCUT2D eigenvalue weighted by Gasteiger charge is 2.14. The van der Waals surface area contributed by atoms with Gasteiger partial charge < -0.3 is 9.64 Å². The number of ether oxygens (including phenoxy) is 1. The highest BCUT2D eigenvalue weighted by molar-refractivity contribution is 6.29. The zero-order valence-electron chi connectivity index (χ0n) is 11.4. The van der Waals surface area contributed by atoms with Gasteiger partial charge in [0.05, 0.1) is 13.2 Å². The summed E-state index contributed by atoms with van der Waals surface area (Å²) in [6.45, 7) is 2.90. The van der Waals surface area contributed by atoms with Crippen LogP contribution in [0.1, 0.15) is 11.3 Å². The van der Waals surface area contributed by atoms with Crippen molar-refractivity contribution in [2.24, 2.45) is 0 Å². The number of rotatable bonds is 1. The van der Waals surface area contributed by atoms with Crippen LogP contribution < -0.4 is 4.90 Å². The van der Waals surface area contributed by atoms with E-state index in [-0.39, 0.29) is 0 Å². The minimum atomic E-state index is 0.406. The molecule has 0 saturated carbocycles. The summed E-state index contributed by atoms with van der Waals surface area (Å²) in [5, 5.41) is 0.406. The number of aromatic nitrogens is 2. The van der Waals surface area contributed by atoms with Crippen LogP contribution in [0.25, 0.3) is 0 Å². The summed E-state index contributed by atoms with van der Waals surface area (Å²) in [4.78, 5) is 10.8. The fraction of sp³-hybridized carbons (Fsp3) is 0.250. The second-order valence-corrected chi connectivity index (χ2v) is 4.98. The topological polar surface area (TPSA) is 38.2 Å². The maximum Gasteiger partial charge on any atom is 0.228 e. The van der Waals surface area contributed by atoms with Crippen molar-refractivity contribution in [1.82, 2.24) is 9.97 Å². The normalized spacial score (nSPS) is 14.4. The standard InChI is InChI=1S/C16H14ClN3O/c17-15-12-14(7-6-13-4-2-1-3-5-13)18-16(19-15)20-8-10-21-11-9-20/h1-5,12H,8-11H2. The molecule has 1 aromatic heterocycles. The number of benzene rings is 1. The first-order valence-electron chi connectivity index (χ1n) is 6.75. The molecule has 1 aliphatic heterocycles. The molecule has 5 heteroatoms. The molecule has 1 fully saturated rings. The van der Waals surface area contributed by atoms with Crippen LogP contribution in [-0.4, -0.2) is 36.3 Å². The van der Waals surface area contributed by atoms with Crippen molar-refractivity contribution in [2.75, 3.05) is 31.2 Å². The maximum atomic E-state index is 6.07. The molecule has 0 N–H and O–H groups in total. The highest BCUT2D eigenvalue weighted by Crippen LogP contribution is 2.15. The molecule has 3 rings (SSSR count). The SMILES string of the molecule is Clc1cc(C#Cc2ccccc2)nc(N2CCOCC2)n1. The van der Waals surface area contributed by atoms with Crippen molar-refractivity contribution >= 4 is 17.5 Å². The lowest BCUT2D eigenvalue weighted by Gasteiger charge is -2.26. The number of morpholine rings is 1. The molecule has 0 bridgehead atoms. The van der Waals surface area contributed by atoms with Gasteiger partial charge in [-0.1, -0.05) is 35.7 Å². The van der Waals surface area contributed by atoms with Gasteiger partial charge >= 0.3 is 0 Å². The van der Waals surface area contributed by atoms with Crippen LogP contribution in [-0.2, 0) is 4.74 Å². The molecule has 106 valence electrons. The van der Waals surface area contributed by atoms with Crippen LogP contribution in [0.15, 0.2) is 36.4 Å². The Labute approximate surface area is 128 Å². The largest absolute Gasteiger partial charge is 0.378 e. The highest BCUT2D eigenvalue weighted by atomic mass is 35.5. The van der Waals surface area contributed by atoms with Crippen molar-refractivity contribution in [2.45, 2.75) is 0 Å². The lowest BCUT2D eigenvalue weighted by molar-refractivity contribution is 0.122. The number of halogens is 1. The Morgan fingerprint density at radius 1 is 1.05 bits per heavy atom. The second kappa shape index (κ2) is 6.57. The Morgan fingerprint density at radius 3 is 2.57 bits per heavy atom. The molecule has 0 atom stereocenters. The Morgan fingerprint density at radius 2 is 1.81 bits per heavy atom. The number of hydrogen-bond donors (Lipinski definition) is 0. The molecule has 1 saturated heterocycles. The van der Waals surface area contributed by atoms with E-state index >= 15 is 0 Å². The van der Waals surface area contributed by atoms with Gasteiger partial charge in [0.15, 0.2) is 0 Å². The molecule has 0 spiro atoms. The van der Waals surface area contributed by atoms with Crippen molar-refractivity contribution in [3.63, 3.8) is 0 Å². The minimum Gasteiger partial charge on any atom is -0.378 e. The van der Waals surface area contributed by atoms with E-state index in [4.69, 9.17) is 16.3 Å². The zero-order valence-corrected chi connectivity index (χ0v) is 12.2. The smallest absolute Gasteiger partial charge is 0.228 e. The van der Waals surface area contributed by atoms with E-state index < -0.39 is 0 Å². The van der Waals surface area contributed by atoms with E-state index in [1.54, 1.807) is 6.07 Å². The van der Waals surface area contributed by atoms with Crippen LogP contribution in [0.5, 0.6) is 0 Å². The maximum absolute atomic E-state index is 6.07. The Bertz CT molecular complexity index is 673. The summed E-state index contributed by atoms with van der Waals surface area (Å²) in [6.07, 6.45) is 0. The summed E-state index contributed by atoms with van der Waals surface area (Å²) in [6, 6.07) is 11.5. The number of anilines is 1. The van der Waals surface area contributed by atoms with Crippen molar-refractivity contribution in [3.05, 3.63) is 52.8 Å². The summed E-state index contributed by atoms with van der Waals surface area (Å²) in [7, 11) is 0. The van der Waals surface area contributed by atoms with E-state index in [9.17, 15) is 0 Å². The first-order chi connectivity index (χ1) is 10.3. The lowest BCUT2D eigenvalue weighted by Crippen LogP contribution is -2.37. The fourth-order valence-electron chi connectivity index (χ4n) is 2.03. The van der Waals surface area contributed by atoms with E-state index in [0.717, 1.165) is 18.7 Å². The first kappa shape index (κ1) is 13.9. The average Bonchev–Trinajstić information content (AvgIpc) is 2.54. The quantitative estimate of drug-likeness (QED) is 0.598. The predicted octanol–water partition coefficient (Wildman–Crippen LogP) is 2.37. The van der Waals surface area contributed by atoms with Crippen LogP contribution >= 0.6 is 11.6 Å². The lowest BCUT2D eigenvalue weighted by atomic mass is 10.2. The molecule has 2 aromatic rings. The molecular weight excluding hydrogens is 286 g/mol. The van der Waals surface area contributed by atoms with Gasteiger partial charge in [-0.2, -0.15) is 0 Å². The van der Waals surface area contributed by atoms with E-state index in [1.165, 1.54) is 0 Å². The molecule has 21 heavy (non-hydrogen) atoms. The van der Waals surface area contributed by atoms with Gasteiger partial charge in [0.2, 0.25) is 5.95 Å². The fourth-order valence-corrected chi connectivity index (χ4v) is 2.21. The molecule has 0 unspecified atom stereocenters. The van der Waals surface area contributed by atoms with Crippen LogP contribution in [0.3, 0.4) is 0 Å². The van der Waals surface area contributed by atoms with Gasteiger partial charge in [-0.15, -0.1) is 0 Å². The summed E-state index contributed by atoms with van der Waals surface area (Å²) in [5.41, 5.74) is 1.57. The van der Waals surface area contributed by atoms with Crippen LogP contribution in [0.2, 0.25) is 5.15 Å². The van der Waals surface area contributed by atoms with Crippen molar-refractivity contribution in [3.8, 4) is 11.8 Å². The molecule has 0 aliphatic carbocycles. The molecule has 4 nitrogen and oxygen atoms in total. The predicted molar refractivity (Wildman–Crippen MR) is 82.5 cm³/mol. The number of nitrogens with zero attached hydrogens (tertiary/aromatic N) is 3.